The first-order chi connectivity index (χ1) is 7.16. The number of amides is 1. The molecule has 16 heavy (non-hydrogen) atoms. The Hall–Kier alpha value is -1.06. The van der Waals surface area contributed by atoms with Crippen LogP contribution in [0.1, 0.15) is 40.5 Å². The number of carbonyl (C=O) groups excluding carboxylic acids is 1. The van der Waals surface area contributed by atoms with Crippen LogP contribution in [0.5, 0.6) is 0 Å². The SMILES string of the molecule is CC(C)CC(C)(C)C(=O)N(C)CCC(=O)O. The minimum absolute atomic E-state index is 0.00000142. The van der Waals surface area contributed by atoms with Gasteiger partial charge >= 0.3 is 5.97 Å². The van der Waals surface area contributed by atoms with E-state index in [1.165, 1.54) is 4.90 Å². The lowest BCUT2D eigenvalue weighted by Gasteiger charge is -2.30. The smallest absolute Gasteiger partial charge is 0.305 e. The summed E-state index contributed by atoms with van der Waals surface area (Å²) >= 11 is 0. The van der Waals surface area contributed by atoms with Crippen LogP contribution >= 0.6 is 0 Å². The van der Waals surface area contributed by atoms with Crippen molar-refractivity contribution in [2.75, 3.05) is 13.6 Å². The summed E-state index contributed by atoms with van der Waals surface area (Å²) in [4.78, 5) is 24.0. The predicted octanol–water partition coefficient (Wildman–Crippen LogP) is 1.99. The zero-order valence-electron chi connectivity index (χ0n) is 10.9. The van der Waals surface area contributed by atoms with Gasteiger partial charge in [0.1, 0.15) is 0 Å². The van der Waals surface area contributed by atoms with Crippen molar-refractivity contribution in [2.45, 2.75) is 40.5 Å². The number of aliphatic carboxylic acids is 1. The number of hydrogen-bond donors (Lipinski definition) is 1. The average Bonchev–Trinajstić information content (AvgIpc) is 2.10. The van der Waals surface area contributed by atoms with Gasteiger partial charge in [-0.2, -0.15) is 0 Å². The predicted molar refractivity (Wildman–Crippen MR) is 63.1 cm³/mol. The highest BCUT2D eigenvalue weighted by molar-refractivity contribution is 5.82. The largest absolute Gasteiger partial charge is 0.481 e. The zero-order valence-corrected chi connectivity index (χ0v) is 10.9. The summed E-state index contributed by atoms with van der Waals surface area (Å²) in [6, 6.07) is 0. The van der Waals surface area contributed by atoms with Crippen LogP contribution in [0.2, 0.25) is 0 Å². The summed E-state index contributed by atoms with van der Waals surface area (Å²) in [5.74, 6) is -0.407. The fourth-order valence-corrected chi connectivity index (χ4v) is 1.99. The number of hydrogen-bond acceptors (Lipinski definition) is 2. The zero-order chi connectivity index (χ0) is 12.9. The van der Waals surface area contributed by atoms with Crippen molar-refractivity contribution in [3.8, 4) is 0 Å². The van der Waals surface area contributed by atoms with E-state index in [0.717, 1.165) is 6.42 Å². The molecule has 0 saturated carbocycles. The molecule has 0 aromatic carbocycles. The summed E-state index contributed by atoms with van der Waals surface area (Å²) < 4.78 is 0. The molecular weight excluding hydrogens is 206 g/mol. The van der Waals surface area contributed by atoms with Crippen molar-refractivity contribution in [2.24, 2.45) is 11.3 Å². The van der Waals surface area contributed by atoms with Gasteiger partial charge in [0.15, 0.2) is 0 Å². The van der Waals surface area contributed by atoms with Gasteiger partial charge in [-0.25, -0.2) is 0 Å². The van der Waals surface area contributed by atoms with E-state index in [-0.39, 0.29) is 18.9 Å². The van der Waals surface area contributed by atoms with Crippen molar-refractivity contribution in [1.29, 1.82) is 0 Å². The molecule has 0 aliphatic rings. The number of nitrogens with zero attached hydrogens (tertiary/aromatic N) is 1. The third-order valence-corrected chi connectivity index (χ3v) is 2.51. The number of carboxylic acid groups (broad SMARTS) is 1. The van der Waals surface area contributed by atoms with Crippen molar-refractivity contribution in [1.82, 2.24) is 4.90 Å². The monoisotopic (exact) mass is 229 g/mol. The Kier molecular flexibility index (Phi) is 5.48. The molecule has 0 atom stereocenters. The Morgan fingerprint density at radius 3 is 2.19 bits per heavy atom. The lowest BCUT2D eigenvalue weighted by Crippen LogP contribution is -2.40. The van der Waals surface area contributed by atoms with Crippen LogP contribution in [0.4, 0.5) is 0 Å². The number of carboxylic acids is 1. The van der Waals surface area contributed by atoms with Gasteiger partial charge in [-0.05, 0) is 12.3 Å². The Balaban J connectivity index is 4.35. The Labute approximate surface area is 97.6 Å². The van der Waals surface area contributed by atoms with Crippen LogP contribution in [0.15, 0.2) is 0 Å². The highest BCUT2D eigenvalue weighted by atomic mass is 16.4. The van der Waals surface area contributed by atoms with E-state index in [1.807, 2.05) is 13.8 Å². The topological polar surface area (TPSA) is 57.6 Å². The van der Waals surface area contributed by atoms with E-state index in [0.29, 0.717) is 5.92 Å². The summed E-state index contributed by atoms with van der Waals surface area (Å²) in [5, 5.41) is 8.55. The maximum absolute atomic E-state index is 12.0. The van der Waals surface area contributed by atoms with Gasteiger partial charge in [0.25, 0.3) is 0 Å². The van der Waals surface area contributed by atoms with E-state index in [4.69, 9.17) is 5.11 Å². The first-order valence-electron chi connectivity index (χ1n) is 5.64. The van der Waals surface area contributed by atoms with Crippen LogP contribution < -0.4 is 0 Å². The Morgan fingerprint density at radius 1 is 1.31 bits per heavy atom. The van der Waals surface area contributed by atoms with Crippen LogP contribution in [0.25, 0.3) is 0 Å². The molecule has 0 heterocycles. The molecule has 0 bridgehead atoms. The molecule has 0 fully saturated rings. The van der Waals surface area contributed by atoms with E-state index in [1.54, 1.807) is 7.05 Å². The molecule has 0 aromatic heterocycles. The summed E-state index contributed by atoms with van der Waals surface area (Å²) in [7, 11) is 1.66. The first-order valence-corrected chi connectivity index (χ1v) is 5.64. The van der Waals surface area contributed by atoms with E-state index in [9.17, 15) is 9.59 Å². The molecule has 1 N–H and O–H groups in total. The molecule has 4 nitrogen and oxygen atoms in total. The highest BCUT2D eigenvalue weighted by Gasteiger charge is 2.31. The van der Waals surface area contributed by atoms with Crippen LogP contribution in [0, 0.1) is 11.3 Å². The number of rotatable bonds is 6. The standard InChI is InChI=1S/C12H23NO3/c1-9(2)8-12(3,4)11(16)13(5)7-6-10(14)15/h9H,6-8H2,1-5H3,(H,14,15). The van der Waals surface area contributed by atoms with Gasteiger partial charge in [-0.3, -0.25) is 9.59 Å². The van der Waals surface area contributed by atoms with E-state index in [2.05, 4.69) is 13.8 Å². The van der Waals surface area contributed by atoms with Crippen molar-refractivity contribution in [3.63, 3.8) is 0 Å². The minimum Gasteiger partial charge on any atom is -0.481 e. The first kappa shape index (κ1) is 14.9. The third-order valence-electron chi connectivity index (χ3n) is 2.51. The molecule has 0 aromatic rings. The molecule has 0 aliphatic carbocycles. The van der Waals surface area contributed by atoms with Gasteiger partial charge < -0.3 is 10.0 Å². The second-order valence-electron chi connectivity index (χ2n) is 5.35. The quantitative estimate of drug-likeness (QED) is 0.757. The molecule has 0 spiro atoms. The third kappa shape index (κ3) is 5.14. The Bertz CT molecular complexity index is 259. The molecular formula is C12H23NO3. The van der Waals surface area contributed by atoms with E-state index < -0.39 is 11.4 Å². The van der Waals surface area contributed by atoms with Gasteiger partial charge in [-0.1, -0.05) is 27.7 Å². The fraction of sp³-hybridized carbons (Fsp3) is 0.833. The molecule has 0 aliphatic heterocycles. The lowest BCUT2D eigenvalue weighted by molar-refractivity contribution is -0.142. The van der Waals surface area contributed by atoms with Gasteiger partial charge in [0, 0.05) is 19.0 Å². The maximum atomic E-state index is 12.0. The summed E-state index contributed by atoms with van der Waals surface area (Å²) in [5.41, 5.74) is -0.415. The van der Waals surface area contributed by atoms with Crippen LogP contribution in [-0.2, 0) is 9.59 Å². The molecule has 0 rings (SSSR count). The van der Waals surface area contributed by atoms with Crippen LogP contribution in [0.3, 0.4) is 0 Å². The van der Waals surface area contributed by atoms with E-state index >= 15 is 0 Å². The maximum Gasteiger partial charge on any atom is 0.305 e. The van der Waals surface area contributed by atoms with Crippen molar-refractivity contribution >= 4 is 11.9 Å². The van der Waals surface area contributed by atoms with Gasteiger partial charge in [0.05, 0.1) is 6.42 Å². The molecule has 1 amide bonds. The van der Waals surface area contributed by atoms with Gasteiger partial charge in [-0.15, -0.1) is 0 Å². The molecule has 0 unspecified atom stereocenters. The molecule has 94 valence electrons. The Morgan fingerprint density at radius 2 is 1.81 bits per heavy atom. The highest BCUT2D eigenvalue weighted by Crippen LogP contribution is 2.27. The van der Waals surface area contributed by atoms with Crippen molar-refractivity contribution < 1.29 is 14.7 Å². The second kappa shape index (κ2) is 5.87. The fourth-order valence-electron chi connectivity index (χ4n) is 1.99. The second-order valence-corrected chi connectivity index (χ2v) is 5.35. The minimum atomic E-state index is -0.874. The number of carbonyl (C=O) groups is 2. The lowest BCUT2D eigenvalue weighted by atomic mass is 9.82. The molecule has 0 radical (unpaired) electrons. The summed E-state index contributed by atoms with van der Waals surface area (Å²) in [6.07, 6.45) is 0.809. The molecule has 4 heteroatoms. The van der Waals surface area contributed by atoms with Crippen LogP contribution in [-0.4, -0.2) is 35.5 Å². The normalized spacial score (nSPS) is 11.6. The van der Waals surface area contributed by atoms with Crippen molar-refractivity contribution in [3.05, 3.63) is 0 Å². The van der Waals surface area contributed by atoms with Gasteiger partial charge in [0.2, 0.25) is 5.91 Å². The summed E-state index contributed by atoms with van der Waals surface area (Å²) in [6.45, 7) is 8.24. The average molecular weight is 229 g/mol. The molecule has 0 saturated heterocycles.